The van der Waals surface area contributed by atoms with Crippen molar-refractivity contribution >= 4 is 11.7 Å². The first-order valence-electron chi connectivity index (χ1n) is 6.73. The van der Waals surface area contributed by atoms with Gasteiger partial charge in [-0.3, -0.25) is 0 Å². The summed E-state index contributed by atoms with van der Waals surface area (Å²) in [5.41, 5.74) is 3.35. The maximum Gasteiger partial charge on any atom is 0.330 e. The van der Waals surface area contributed by atoms with Crippen molar-refractivity contribution in [1.82, 2.24) is 0 Å². The first kappa shape index (κ1) is 14.9. The van der Waals surface area contributed by atoms with Gasteiger partial charge in [-0.25, -0.2) is 4.79 Å². The van der Waals surface area contributed by atoms with Crippen LogP contribution in [0.4, 0.5) is 5.69 Å². The lowest BCUT2D eigenvalue weighted by Crippen LogP contribution is -2.22. The number of methoxy groups -OCH3 is 1. The maximum absolute atomic E-state index is 11.7. The molecule has 0 aliphatic rings. The van der Waals surface area contributed by atoms with E-state index in [2.05, 4.69) is 5.32 Å². The molecule has 0 amide bonds. The fraction of sp³-hybridized carbons (Fsp3) is 0.235. The zero-order valence-corrected chi connectivity index (χ0v) is 12.4. The molecule has 0 fully saturated rings. The second kappa shape index (κ2) is 6.31. The summed E-state index contributed by atoms with van der Waals surface area (Å²) in [5.74, 6) is -0.298. The first-order chi connectivity index (χ1) is 10.0. The van der Waals surface area contributed by atoms with Crippen LogP contribution < -0.4 is 10.1 Å². The number of aryl methyl sites for hydroxylation is 2. The monoisotopic (exact) mass is 285 g/mol. The van der Waals surface area contributed by atoms with E-state index >= 15 is 0 Å². The Labute approximate surface area is 124 Å². The van der Waals surface area contributed by atoms with Crippen LogP contribution in [0.2, 0.25) is 0 Å². The van der Waals surface area contributed by atoms with Crippen LogP contribution in [-0.4, -0.2) is 18.2 Å². The van der Waals surface area contributed by atoms with E-state index in [0.29, 0.717) is 11.4 Å². The Morgan fingerprint density at radius 3 is 2.29 bits per heavy atom. The summed E-state index contributed by atoms with van der Waals surface area (Å²) in [6, 6.07) is 12.2. The van der Waals surface area contributed by atoms with E-state index in [1.54, 1.807) is 13.2 Å². The van der Waals surface area contributed by atoms with Crippen molar-refractivity contribution in [2.75, 3.05) is 12.4 Å². The van der Waals surface area contributed by atoms with Crippen LogP contribution in [0.1, 0.15) is 22.7 Å². The zero-order chi connectivity index (χ0) is 15.4. The molecule has 2 N–H and O–H groups in total. The Balaban J connectivity index is 2.43. The Hall–Kier alpha value is -2.49. The number of nitrogens with one attached hydrogen (secondary N) is 1. The Bertz CT molecular complexity index is 632. The molecule has 0 saturated heterocycles. The van der Waals surface area contributed by atoms with Crippen molar-refractivity contribution in [2.45, 2.75) is 19.9 Å². The standard InChI is InChI=1S/C17H19NO3/c1-11-7-6-8-12(2)15(11)16(17(19)20)18-13-9-4-5-10-14(13)21-3/h4-10,16,18H,1-3H3,(H,19,20). The molecule has 0 saturated carbocycles. The smallest absolute Gasteiger partial charge is 0.330 e. The summed E-state index contributed by atoms with van der Waals surface area (Å²) >= 11 is 0. The quantitative estimate of drug-likeness (QED) is 0.882. The first-order valence-corrected chi connectivity index (χ1v) is 6.73. The third kappa shape index (κ3) is 3.16. The number of para-hydroxylation sites is 2. The molecule has 110 valence electrons. The number of carboxylic acids is 1. The molecule has 21 heavy (non-hydrogen) atoms. The average molecular weight is 285 g/mol. The molecular weight excluding hydrogens is 266 g/mol. The molecular formula is C17H19NO3. The summed E-state index contributed by atoms with van der Waals surface area (Å²) in [6.45, 7) is 3.84. The van der Waals surface area contributed by atoms with Gasteiger partial charge in [0.1, 0.15) is 5.75 Å². The lowest BCUT2D eigenvalue weighted by atomic mass is 9.96. The van der Waals surface area contributed by atoms with Crippen molar-refractivity contribution in [3.8, 4) is 5.75 Å². The maximum atomic E-state index is 11.7. The van der Waals surface area contributed by atoms with Crippen LogP contribution in [0.5, 0.6) is 5.75 Å². The van der Waals surface area contributed by atoms with Crippen LogP contribution in [0.25, 0.3) is 0 Å². The fourth-order valence-corrected chi connectivity index (χ4v) is 2.46. The summed E-state index contributed by atoms with van der Waals surface area (Å²) in [4.78, 5) is 11.7. The third-order valence-corrected chi connectivity index (χ3v) is 3.48. The van der Waals surface area contributed by atoms with Gasteiger partial charge in [-0.2, -0.15) is 0 Å². The number of carbonyl (C=O) groups is 1. The normalized spacial score (nSPS) is 11.8. The second-order valence-electron chi connectivity index (χ2n) is 4.92. The van der Waals surface area contributed by atoms with Crippen LogP contribution in [-0.2, 0) is 4.79 Å². The number of benzene rings is 2. The summed E-state index contributed by atoms with van der Waals surface area (Å²) in [6.07, 6.45) is 0. The molecule has 4 nitrogen and oxygen atoms in total. The molecule has 1 unspecified atom stereocenters. The highest BCUT2D eigenvalue weighted by Crippen LogP contribution is 2.30. The summed E-state index contributed by atoms with van der Waals surface area (Å²) in [5, 5.41) is 12.7. The van der Waals surface area contributed by atoms with Crippen LogP contribution in [0, 0.1) is 13.8 Å². The second-order valence-corrected chi connectivity index (χ2v) is 4.92. The van der Waals surface area contributed by atoms with E-state index in [0.717, 1.165) is 16.7 Å². The number of ether oxygens (including phenoxy) is 1. The fourth-order valence-electron chi connectivity index (χ4n) is 2.46. The molecule has 0 aliphatic heterocycles. The number of rotatable bonds is 5. The van der Waals surface area contributed by atoms with Crippen molar-refractivity contribution in [1.29, 1.82) is 0 Å². The molecule has 0 bridgehead atoms. The van der Waals surface area contributed by atoms with Gasteiger partial charge in [-0.1, -0.05) is 30.3 Å². The SMILES string of the molecule is COc1ccccc1NC(C(=O)O)c1c(C)cccc1C. The van der Waals surface area contributed by atoms with E-state index in [4.69, 9.17) is 4.74 Å². The minimum absolute atomic E-state index is 0.620. The Morgan fingerprint density at radius 1 is 1.10 bits per heavy atom. The summed E-state index contributed by atoms with van der Waals surface area (Å²) < 4.78 is 5.27. The number of aliphatic carboxylic acids is 1. The summed E-state index contributed by atoms with van der Waals surface area (Å²) in [7, 11) is 1.56. The molecule has 0 spiro atoms. The van der Waals surface area contributed by atoms with Gasteiger partial charge in [-0.15, -0.1) is 0 Å². The predicted molar refractivity (Wildman–Crippen MR) is 82.9 cm³/mol. The molecule has 4 heteroatoms. The molecule has 0 aliphatic carbocycles. The third-order valence-electron chi connectivity index (χ3n) is 3.48. The van der Waals surface area contributed by atoms with Gasteiger partial charge in [-0.05, 0) is 42.7 Å². The topological polar surface area (TPSA) is 58.6 Å². The number of carboxylic acid groups (broad SMARTS) is 1. The van der Waals surface area contributed by atoms with Gasteiger partial charge in [0, 0.05) is 0 Å². The Morgan fingerprint density at radius 2 is 1.71 bits per heavy atom. The highest BCUT2D eigenvalue weighted by atomic mass is 16.5. The molecule has 2 rings (SSSR count). The largest absolute Gasteiger partial charge is 0.495 e. The molecule has 2 aromatic rings. The van der Waals surface area contributed by atoms with Crippen LogP contribution >= 0.6 is 0 Å². The number of hydrogen-bond acceptors (Lipinski definition) is 3. The van der Waals surface area contributed by atoms with Gasteiger partial charge >= 0.3 is 5.97 Å². The molecule has 0 aromatic heterocycles. The van der Waals surface area contributed by atoms with Gasteiger partial charge in [0.25, 0.3) is 0 Å². The Kier molecular flexibility index (Phi) is 4.48. The lowest BCUT2D eigenvalue weighted by molar-refractivity contribution is -0.138. The van der Waals surface area contributed by atoms with Gasteiger partial charge < -0.3 is 15.2 Å². The molecule has 0 heterocycles. The lowest BCUT2D eigenvalue weighted by Gasteiger charge is -2.21. The van der Waals surface area contributed by atoms with E-state index < -0.39 is 12.0 Å². The van der Waals surface area contributed by atoms with Crippen molar-refractivity contribution in [3.63, 3.8) is 0 Å². The molecule has 0 radical (unpaired) electrons. The van der Waals surface area contributed by atoms with Crippen molar-refractivity contribution in [2.24, 2.45) is 0 Å². The van der Waals surface area contributed by atoms with Crippen LogP contribution in [0.15, 0.2) is 42.5 Å². The molecule has 2 aromatic carbocycles. The minimum Gasteiger partial charge on any atom is -0.495 e. The van der Waals surface area contributed by atoms with Gasteiger partial charge in [0.05, 0.1) is 12.8 Å². The highest BCUT2D eigenvalue weighted by Gasteiger charge is 2.24. The number of anilines is 1. The minimum atomic E-state index is -0.918. The molecule has 1 atom stereocenters. The predicted octanol–water partition coefficient (Wildman–Crippen LogP) is 3.55. The number of hydrogen-bond donors (Lipinski definition) is 2. The van der Waals surface area contributed by atoms with Crippen molar-refractivity contribution in [3.05, 3.63) is 59.2 Å². The zero-order valence-electron chi connectivity index (χ0n) is 12.4. The van der Waals surface area contributed by atoms with Gasteiger partial charge in [0.2, 0.25) is 0 Å². The van der Waals surface area contributed by atoms with E-state index in [9.17, 15) is 9.90 Å². The van der Waals surface area contributed by atoms with Crippen molar-refractivity contribution < 1.29 is 14.6 Å². The van der Waals surface area contributed by atoms with Gasteiger partial charge in [0.15, 0.2) is 6.04 Å². The highest BCUT2D eigenvalue weighted by molar-refractivity contribution is 5.81. The average Bonchev–Trinajstić information content (AvgIpc) is 2.46. The van der Waals surface area contributed by atoms with E-state index in [1.807, 2.05) is 50.2 Å². The van der Waals surface area contributed by atoms with Crippen LogP contribution in [0.3, 0.4) is 0 Å². The van der Waals surface area contributed by atoms with E-state index in [-0.39, 0.29) is 0 Å². The van der Waals surface area contributed by atoms with E-state index in [1.165, 1.54) is 0 Å².